The molecule has 31 heavy (non-hydrogen) atoms. The van der Waals surface area contributed by atoms with Crippen molar-refractivity contribution in [3.63, 3.8) is 0 Å². The van der Waals surface area contributed by atoms with E-state index in [9.17, 15) is 9.59 Å². The highest BCUT2D eigenvalue weighted by molar-refractivity contribution is 6.36. The predicted octanol–water partition coefficient (Wildman–Crippen LogP) is 5.02. The van der Waals surface area contributed by atoms with Gasteiger partial charge in [0.05, 0.1) is 17.1 Å². The lowest BCUT2D eigenvalue weighted by molar-refractivity contribution is 0.0412. The quantitative estimate of drug-likeness (QED) is 0.668. The van der Waals surface area contributed by atoms with Gasteiger partial charge in [-0.2, -0.15) is 0 Å². The maximum Gasteiger partial charge on any atom is 0.410 e. The number of amides is 2. The number of rotatable bonds is 3. The fourth-order valence-electron chi connectivity index (χ4n) is 4.65. The van der Waals surface area contributed by atoms with E-state index in [1.165, 1.54) is 0 Å². The van der Waals surface area contributed by atoms with Crippen molar-refractivity contribution in [2.45, 2.75) is 58.4 Å². The number of hydrogen-bond donors (Lipinski definition) is 0. The molecule has 2 heterocycles. The molecule has 0 radical (unpaired) electrons. The molecule has 2 aliphatic rings. The molecular formula is C24H30ClN3O3. The molecule has 0 N–H and O–H groups in total. The Morgan fingerprint density at radius 2 is 2.06 bits per heavy atom. The average Bonchev–Trinajstić information content (AvgIpc) is 2.77. The molecule has 0 spiro atoms. The summed E-state index contributed by atoms with van der Waals surface area (Å²) in [6, 6.07) is 5.52. The van der Waals surface area contributed by atoms with Crippen molar-refractivity contribution in [3.05, 3.63) is 40.0 Å². The Labute approximate surface area is 188 Å². The molecule has 1 saturated heterocycles. The Balaban J connectivity index is 1.54. The third kappa shape index (κ3) is 4.22. The van der Waals surface area contributed by atoms with Gasteiger partial charge in [-0.05, 0) is 56.2 Å². The number of ether oxygens (including phenoxy) is 1. The minimum absolute atomic E-state index is 0.0426. The molecule has 1 aromatic carbocycles. The molecule has 2 aromatic rings. The minimum Gasteiger partial charge on any atom is -0.449 e. The van der Waals surface area contributed by atoms with Crippen molar-refractivity contribution >= 4 is 34.5 Å². The van der Waals surface area contributed by atoms with Gasteiger partial charge >= 0.3 is 6.09 Å². The van der Waals surface area contributed by atoms with Crippen molar-refractivity contribution in [2.24, 2.45) is 0 Å². The van der Waals surface area contributed by atoms with Crippen LogP contribution in [-0.2, 0) is 11.2 Å². The van der Waals surface area contributed by atoms with E-state index in [4.69, 9.17) is 21.3 Å². The molecule has 1 fully saturated rings. The fourth-order valence-corrected chi connectivity index (χ4v) is 5.00. The number of carbonyl (C=O) groups is 2. The molecule has 1 aromatic heterocycles. The van der Waals surface area contributed by atoms with Crippen LogP contribution in [0.4, 0.5) is 4.79 Å². The van der Waals surface area contributed by atoms with Gasteiger partial charge in [-0.15, -0.1) is 0 Å². The summed E-state index contributed by atoms with van der Waals surface area (Å²) in [7, 11) is 0. The number of pyridine rings is 1. The first kappa shape index (κ1) is 21.9. The summed E-state index contributed by atoms with van der Waals surface area (Å²) in [6.45, 7) is 7.95. The van der Waals surface area contributed by atoms with Gasteiger partial charge < -0.3 is 14.5 Å². The Bertz CT molecular complexity index is 1010. The number of benzene rings is 1. The summed E-state index contributed by atoms with van der Waals surface area (Å²) < 4.78 is 5.26. The van der Waals surface area contributed by atoms with Crippen molar-refractivity contribution < 1.29 is 14.3 Å². The van der Waals surface area contributed by atoms with E-state index in [2.05, 4.69) is 6.92 Å². The Hall–Kier alpha value is -2.34. The van der Waals surface area contributed by atoms with Crippen LogP contribution in [-0.4, -0.2) is 59.1 Å². The van der Waals surface area contributed by atoms with Crippen LogP contribution in [0.5, 0.6) is 0 Å². The lowest BCUT2D eigenvalue weighted by Gasteiger charge is -2.39. The van der Waals surface area contributed by atoms with Crippen molar-refractivity contribution in [1.82, 2.24) is 14.8 Å². The Morgan fingerprint density at radius 1 is 1.26 bits per heavy atom. The molecule has 4 rings (SSSR count). The first-order valence-corrected chi connectivity index (χ1v) is 11.6. The number of halogens is 1. The number of hydrogen-bond acceptors (Lipinski definition) is 4. The number of carbonyl (C=O) groups excluding carboxylic acids is 2. The lowest BCUT2D eigenvalue weighted by atomic mass is 9.87. The Morgan fingerprint density at radius 3 is 2.81 bits per heavy atom. The van der Waals surface area contributed by atoms with Crippen molar-refractivity contribution in [2.75, 3.05) is 26.2 Å². The SMILES string of the molecule is CCCOC(=O)N1CCN(C(=O)c2ccc3c(Cl)c4c(nc3c2)C(C)CCC4)C[C@H]1C. The van der Waals surface area contributed by atoms with Crippen LogP contribution in [0, 0.1) is 0 Å². The van der Waals surface area contributed by atoms with Gasteiger partial charge in [-0.25, -0.2) is 4.79 Å². The van der Waals surface area contributed by atoms with Crippen LogP contribution < -0.4 is 0 Å². The van der Waals surface area contributed by atoms with E-state index >= 15 is 0 Å². The van der Waals surface area contributed by atoms with E-state index in [0.29, 0.717) is 37.7 Å². The van der Waals surface area contributed by atoms with Gasteiger partial charge in [-0.3, -0.25) is 9.78 Å². The molecular weight excluding hydrogens is 414 g/mol. The lowest BCUT2D eigenvalue weighted by Crippen LogP contribution is -2.55. The molecule has 2 amide bonds. The van der Waals surface area contributed by atoms with Crippen LogP contribution in [0.2, 0.25) is 5.02 Å². The first-order valence-electron chi connectivity index (χ1n) is 11.2. The standard InChI is InChI=1S/C24H30ClN3O3/c1-4-12-31-24(30)28-11-10-27(14-16(28)3)23(29)17-8-9-18-20(13-17)26-22-15(2)6-5-7-19(22)21(18)25/h8-9,13,15-16H,4-7,10-12,14H2,1-3H3/t15?,16-/m1/s1. The van der Waals surface area contributed by atoms with Crippen LogP contribution in [0.1, 0.15) is 67.6 Å². The van der Waals surface area contributed by atoms with Crippen LogP contribution in [0.25, 0.3) is 10.9 Å². The summed E-state index contributed by atoms with van der Waals surface area (Å²) >= 11 is 6.72. The Kier molecular flexibility index (Phi) is 6.37. The summed E-state index contributed by atoms with van der Waals surface area (Å²) in [6.07, 6.45) is 3.70. The fraction of sp³-hybridized carbons (Fsp3) is 0.542. The van der Waals surface area contributed by atoms with Gasteiger partial charge in [0.2, 0.25) is 0 Å². The van der Waals surface area contributed by atoms with Gasteiger partial charge in [0.15, 0.2) is 0 Å². The van der Waals surface area contributed by atoms with Crippen molar-refractivity contribution in [3.8, 4) is 0 Å². The van der Waals surface area contributed by atoms with Crippen LogP contribution in [0.3, 0.4) is 0 Å². The predicted molar refractivity (Wildman–Crippen MR) is 122 cm³/mol. The zero-order valence-corrected chi connectivity index (χ0v) is 19.2. The van der Waals surface area contributed by atoms with E-state index in [0.717, 1.165) is 52.9 Å². The molecule has 6 nitrogen and oxygen atoms in total. The molecule has 0 saturated carbocycles. The molecule has 0 bridgehead atoms. The van der Waals surface area contributed by atoms with Crippen molar-refractivity contribution in [1.29, 1.82) is 0 Å². The first-order chi connectivity index (χ1) is 14.9. The van der Waals surface area contributed by atoms with E-state index in [-0.39, 0.29) is 18.0 Å². The summed E-state index contributed by atoms with van der Waals surface area (Å²) in [5.74, 6) is 0.338. The smallest absolute Gasteiger partial charge is 0.410 e. The number of aromatic nitrogens is 1. The maximum atomic E-state index is 13.2. The summed E-state index contributed by atoms with van der Waals surface area (Å²) in [4.78, 5) is 33.8. The third-order valence-electron chi connectivity index (χ3n) is 6.41. The largest absolute Gasteiger partial charge is 0.449 e. The number of piperazine rings is 1. The second-order valence-corrected chi connectivity index (χ2v) is 9.10. The highest BCUT2D eigenvalue weighted by Crippen LogP contribution is 2.38. The van der Waals surface area contributed by atoms with Gasteiger partial charge in [0, 0.05) is 42.3 Å². The summed E-state index contributed by atoms with van der Waals surface area (Å²) in [5, 5.41) is 1.68. The topological polar surface area (TPSA) is 62.7 Å². The molecule has 1 unspecified atom stereocenters. The molecule has 1 aliphatic heterocycles. The number of fused-ring (bicyclic) bond motifs is 2. The van der Waals surface area contributed by atoms with Gasteiger partial charge in [0.25, 0.3) is 5.91 Å². The second-order valence-electron chi connectivity index (χ2n) is 8.72. The molecule has 7 heteroatoms. The molecule has 166 valence electrons. The summed E-state index contributed by atoms with van der Waals surface area (Å²) in [5.41, 5.74) is 3.61. The van der Waals surface area contributed by atoms with Gasteiger partial charge in [-0.1, -0.05) is 31.5 Å². The van der Waals surface area contributed by atoms with Crippen LogP contribution in [0.15, 0.2) is 18.2 Å². The zero-order valence-electron chi connectivity index (χ0n) is 18.5. The highest BCUT2D eigenvalue weighted by atomic mass is 35.5. The second kappa shape index (κ2) is 9.03. The highest BCUT2D eigenvalue weighted by Gasteiger charge is 2.31. The normalized spacial score (nSPS) is 21.2. The third-order valence-corrected chi connectivity index (χ3v) is 6.84. The van der Waals surface area contributed by atoms with E-state index in [1.54, 1.807) is 9.80 Å². The van der Waals surface area contributed by atoms with E-state index in [1.807, 2.05) is 32.0 Å². The minimum atomic E-state index is -0.301. The zero-order chi connectivity index (χ0) is 22.1. The van der Waals surface area contributed by atoms with E-state index < -0.39 is 0 Å². The van der Waals surface area contributed by atoms with Crippen LogP contribution >= 0.6 is 11.6 Å². The van der Waals surface area contributed by atoms with Gasteiger partial charge in [0.1, 0.15) is 0 Å². The molecule has 1 aliphatic carbocycles. The maximum absolute atomic E-state index is 13.2. The molecule has 2 atom stereocenters. The monoisotopic (exact) mass is 443 g/mol. The average molecular weight is 444 g/mol. The number of nitrogens with zero attached hydrogens (tertiary/aromatic N) is 3.